The predicted octanol–water partition coefficient (Wildman–Crippen LogP) is 0.624. The minimum Gasteiger partial charge on any atom is -0.227 e. The number of nitrogens with zero attached hydrogens (tertiary/aromatic N) is 1. The smallest absolute Gasteiger partial charge is 0.227 e. The molecule has 1 rings (SSSR count). The van der Waals surface area contributed by atoms with Crippen molar-refractivity contribution in [3.8, 4) is 0 Å². The summed E-state index contributed by atoms with van der Waals surface area (Å²) in [4.78, 5) is 13.3. The molecule has 1 aromatic rings. The van der Waals surface area contributed by atoms with Crippen molar-refractivity contribution in [1.29, 1.82) is 0 Å². The van der Waals surface area contributed by atoms with E-state index in [9.17, 15) is 13.2 Å². The van der Waals surface area contributed by atoms with Crippen molar-refractivity contribution in [2.45, 2.75) is 4.90 Å². The average Bonchev–Trinajstić information content (AvgIpc) is 2.06. The molecule has 5 heteroatoms. The van der Waals surface area contributed by atoms with E-state index < -0.39 is 10.7 Å². The molecule has 0 unspecified atom stereocenters. The van der Waals surface area contributed by atoms with Gasteiger partial charge < -0.3 is 0 Å². The molecule has 0 aliphatic heterocycles. The van der Waals surface area contributed by atoms with Crippen molar-refractivity contribution in [3.63, 3.8) is 0 Å². The summed E-state index contributed by atoms with van der Waals surface area (Å²) in [7, 11) is -2.56. The molecule has 0 atom stereocenters. The van der Waals surface area contributed by atoms with Gasteiger partial charge in [-0.3, -0.25) is 0 Å². The zero-order valence-corrected chi connectivity index (χ0v) is 6.82. The lowest BCUT2D eigenvalue weighted by Gasteiger charge is -1.89. The number of aliphatic imine (C=N–C) groups is 1. The van der Waals surface area contributed by atoms with E-state index in [2.05, 4.69) is 4.99 Å². The summed E-state index contributed by atoms with van der Waals surface area (Å²) in [6.45, 7) is 0. The van der Waals surface area contributed by atoms with Crippen LogP contribution in [0.2, 0.25) is 0 Å². The van der Waals surface area contributed by atoms with Crippen LogP contribution < -0.4 is 0 Å². The standard InChI is InChI=1S/C7H5NO3S/c9-5-8-6-1-3-7(4-2-6)12(10)11/h1-4,12H. The molecule has 0 fully saturated rings. The van der Waals surface area contributed by atoms with Crippen LogP contribution in [0.5, 0.6) is 0 Å². The lowest BCUT2D eigenvalue weighted by Crippen LogP contribution is -1.77. The monoisotopic (exact) mass is 183 g/mol. The van der Waals surface area contributed by atoms with Gasteiger partial charge in [0.15, 0.2) is 10.7 Å². The molecule has 12 heavy (non-hydrogen) atoms. The van der Waals surface area contributed by atoms with Gasteiger partial charge in [0, 0.05) is 0 Å². The lowest BCUT2D eigenvalue weighted by atomic mass is 10.3. The maximum atomic E-state index is 10.4. The van der Waals surface area contributed by atoms with E-state index in [-0.39, 0.29) is 4.90 Å². The number of hydrogen-bond acceptors (Lipinski definition) is 4. The summed E-state index contributed by atoms with van der Waals surface area (Å²) in [5.74, 6) is 0. The molecule has 0 heterocycles. The highest BCUT2D eigenvalue weighted by atomic mass is 32.2. The van der Waals surface area contributed by atoms with Crippen LogP contribution in [-0.2, 0) is 15.5 Å². The van der Waals surface area contributed by atoms with Gasteiger partial charge in [0.05, 0.1) is 10.6 Å². The maximum Gasteiger partial charge on any atom is 0.240 e. The van der Waals surface area contributed by atoms with E-state index in [1.807, 2.05) is 0 Å². The van der Waals surface area contributed by atoms with E-state index >= 15 is 0 Å². The number of hydrogen-bond donors (Lipinski definition) is 1. The fraction of sp³-hybridized carbons (Fsp3) is 0. The first kappa shape index (κ1) is 8.64. The van der Waals surface area contributed by atoms with Gasteiger partial charge in [-0.25, -0.2) is 13.2 Å². The van der Waals surface area contributed by atoms with Crippen LogP contribution in [0.15, 0.2) is 34.2 Å². The molecule has 0 amide bonds. The van der Waals surface area contributed by atoms with Gasteiger partial charge in [-0.1, -0.05) is 0 Å². The van der Waals surface area contributed by atoms with Gasteiger partial charge in [0.1, 0.15) is 0 Å². The van der Waals surface area contributed by atoms with Crippen molar-refractivity contribution in [2.24, 2.45) is 4.99 Å². The molecule has 0 N–H and O–H groups in total. The van der Waals surface area contributed by atoms with Gasteiger partial charge in [-0.15, -0.1) is 0 Å². The fourth-order valence-corrected chi connectivity index (χ4v) is 1.09. The largest absolute Gasteiger partial charge is 0.240 e. The number of thiol groups is 1. The van der Waals surface area contributed by atoms with E-state index in [4.69, 9.17) is 0 Å². The molecule has 0 spiro atoms. The molecular formula is C7H5NO3S. The SMILES string of the molecule is O=C=Nc1ccc([SH](=O)=O)cc1. The Morgan fingerprint density at radius 1 is 1.17 bits per heavy atom. The Kier molecular flexibility index (Phi) is 2.74. The highest BCUT2D eigenvalue weighted by Crippen LogP contribution is 2.12. The Labute approximate surface area is 70.5 Å². The van der Waals surface area contributed by atoms with E-state index in [0.29, 0.717) is 5.69 Å². The second-order valence-electron chi connectivity index (χ2n) is 1.98. The summed E-state index contributed by atoms with van der Waals surface area (Å²) in [5.41, 5.74) is 0.394. The lowest BCUT2D eigenvalue weighted by molar-refractivity contribution is 0.565. The Morgan fingerprint density at radius 3 is 2.17 bits per heavy atom. The predicted molar refractivity (Wildman–Crippen MR) is 42.8 cm³/mol. The van der Waals surface area contributed by atoms with Crippen molar-refractivity contribution in [1.82, 2.24) is 0 Å². The summed E-state index contributed by atoms with van der Waals surface area (Å²) in [6, 6.07) is 5.63. The third-order valence-electron chi connectivity index (χ3n) is 1.24. The van der Waals surface area contributed by atoms with Crippen LogP contribution in [0.1, 0.15) is 0 Å². The molecule has 4 nitrogen and oxygen atoms in total. The van der Waals surface area contributed by atoms with Crippen LogP contribution >= 0.6 is 0 Å². The fourth-order valence-electron chi connectivity index (χ4n) is 0.702. The Balaban J connectivity index is 3.08. The molecule has 62 valence electrons. The third-order valence-corrected chi connectivity index (χ3v) is 1.96. The van der Waals surface area contributed by atoms with Gasteiger partial charge in [-0.05, 0) is 24.3 Å². The molecule has 0 aliphatic rings. The number of carbonyl (C=O) groups excluding carboxylic acids is 1. The first-order valence-electron chi connectivity index (χ1n) is 3.06. The first-order valence-corrected chi connectivity index (χ1v) is 4.24. The summed E-state index contributed by atoms with van der Waals surface area (Å²) < 4.78 is 20.8. The molecule has 0 bridgehead atoms. The van der Waals surface area contributed by atoms with Crippen molar-refractivity contribution < 1.29 is 13.2 Å². The van der Waals surface area contributed by atoms with E-state index in [1.54, 1.807) is 0 Å². The third kappa shape index (κ3) is 2.02. The molecular weight excluding hydrogens is 178 g/mol. The summed E-state index contributed by atoms with van der Waals surface area (Å²) >= 11 is 0. The molecule has 0 saturated carbocycles. The van der Waals surface area contributed by atoms with Crippen LogP contribution in [0, 0.1) is 0 Å². The number of isocyanates is 1. The quantitative estimate of drug-likeness (QED) is 0.415. The first-order chi connectivity index (χ1) is 5.74. The molecule has 1 aromatic carbocycles. The van der Waals surface area contributed by atoms with Crippen molar-refractivity contribution >= 4 is 22.5 Å². The average molecular weight is 183 g/mol. The molecule has 0 saturated heterocycles. The number of benzene rings is 1. The van der Waals surface area contributed by atoms with Crippen LogP contribution in [0.3, 0.4) is 0 Å². The highest BCUT2D eigenvalue weighted by molar-refractivity contribution is 7.72. The highest BCUT2D eigenvalue weighted by Gasteiger charge is 1.93. The Hall–Kier alpha value is -1.45. The van der Waals surface area contributed by atoms with Crippen LogP contribution in [-0.4, -0.2) is 14.5 Å². The summed E-state index contributed by atoms with van der Waals surface area (Å²) in [6.07, 6.45) is 1.36. The minimum absolute atomic E-state index is 0.204. The van der Waals surface area contributed by atoms with Gasteiger partial charge in [0.25, 0.3) is 0 Å². The second-order valence-corrected chi connectivity index (χ2v) is 3.01. The van der Waals surface area contributed by atoms with Crippen LogP contribution in [0.25, 0.3) is 0 Å². The number of rotatable bonds is 2. The molecule has 0 radical (unpaired) electrons. The van der Waals surface area contributed by atoms with E-state index in [0.717, 1.165) is 0 Å². The Bertz CT molecular complexity index is 380. The molecule has 0 aliphatic carbocycles. The van der Waals surface area contributed by atoms with Crippen molar-refractivity contribution in [3.05, 3.63) is 24.3 Å². The van der Waals surface area contributed by atoms with Crippen LogP contribution in [0.4, 0.5) is 5.69 Å². The zero-order chi connectivity index (χ0) is 8.97. The van der Waals surface area contributed by atoms with E-state index in [1.165, 1.54) is 30.3 Å². The maximum absolute atomic E-state index is 10.4. The second kappa shape index (κ2) is 3.80. The van der Waals surface area contributed by atoms with Gasteiger partial charge in [-0.2, -0.15) is 4.99 Å². The van der Waals surface area contributed by atoms with Crippen molar-refractivity contribution in [2.75, 3.05) is 0 Å². The molecule has 0 aromatic heterocycles. The normalized spacial score (nSPS) is 9.42. The minimum atomic E-state index is -2.56. The van der Waals surface area contributed by atoms with Gasteiger partial charge in [0.2, 0.25) is 6.08 Å². The zero-order valence-electron chi connectivity index (χ0n) is 5.93. The summed E-state index contributed by atoms with van der Waals surface area (Å²) in [5, 5.41) is 0. The Morgan fingerprint density at radius 2 is 1.75 bits per heavy atom. The topological polar surface area (TPSA) is 63.6 Å². The van der Waals surface area contributed by atoms with Gasteiger partial charge >= 0.3 is 0 Å².